The van der Waals surface area contributed by atoms with E-state index in [9.17, 15) is 14.0 Å². The van der Waals surface area contributed by atoms with Crippen molar-refractivity contribution in [1.82, 2.24) is 10.2 Å². The van der Waals surface area contributed by atoms with Crippen LogP contribution in [-0.2, 0) is 22.6 Å². The lowest BCUT2D eigenvalue weighted by molar-refractivity contribution is -0.143. The molecule has 35 heavy (non-hydrogen) atoms. The van der Waals surface area contributed by atoms with Crippen LogP contribution in [0.15, 0.2) is 83.3 Å². The summed E-state index contributed by atoms with van der Waals surface area (Å²) in [6.45, 7) is 5.65. The highest BCUT2D eigenvalue weighted by atomic mass is 79.9. The minimum atomic E-state index is -0.764. The van der Waals surface area contributed by atoms with Gasteiger partial charge >= 0.3 is 0 Å². The molecule has 1 unspecified atom stereocenters. The van der Waals surface area contributed by atoms with E-state index in [1.807, 2.05) is 75.4 Å². The van der Waals surface area contributed by atoms with Crippen LogP contribution in [0.3, 0.4) is 0 Å². The Morgan fingerprint density at radius 2 is 1.63 bits per heavy atom. The van der Waals surface area contributed by atoms with Crippen molar-refractivity contribution in [2.45, 2.75) is 45.3 Å². The van der Waals surface area contributed by atoms with Crippen molar-refractivity contribution >= 4 is 27.7 Å². The summed E-state index contributed by atoms with van der Waals surface area (Å²) in [6.07, 6.45) is 0.346. The van der Waals surface area contributed by atoms with Crippen LogP contribution < -0.4 is 10.1 Å². The zero-order valence-electron chi connectivity index (χ0n) is 20.1. The fourth-order valence-corrected chi connectivity index (χ4v) is 4.04. The highest BCUT2D eigenvalue weighted by molar-refractivity contribution is 9.10. The van der Waals surface area contributed by atoms with Crippen molar-refractivity contribution < 1.29 is 18.7 Å². The third-order valence-corrected chi connectivity index (χ3v) is 5.68. The van der Waals surface area contributed by atoms with Gasteiger partial charge in [0.2, 0.25) is 5.91 Å². The molecule has 7 heteroatoms. The lowest BCUT2D eigenvalue weighted by Gasteiger charge is -2.33. The van der Waals surface area contributed by atoms with Crippen molar-refractivity contribution in [2.75, 3.05) is 6.61 Å². The first-order valence-corrected chi connectivity index (χ1v) is 12.2. The smallest absolute Gasteiger partial charge is 0.261 e. The molecular formula is C28H30BrFN2O3. The lowest BCUT2D eigenvalue weighted by atomic mass is 10.0. The van der Waals surface area contributed by atoms with Gasteiger partial charge in [-0.25, -0.2) is 4.39 Å². The number of carbonyl (C=O) groups excluding carboxylic acids is 2. The second kappa shape index (κ2) is 12.0. The molecule has 0 aliphatic heterocycles. The zero-order chi connectivity index (χ0) is 25.4. The predicted octanol–water partition coefficient (Wildman–Crippen LogP) is 5.52. The first-order chi connectivity index (χ1) is 16.6. The van der Waals surface area contributed by atoms with Gasteiger partial charge < -0.3 is 15.0 Å². The molecule has 1 N–H and O–H groups in total. The van der Waals surface area contributed by atoms with Crippen LogP contribution in [-0.4, -0.2) is 34.9 Å². The van der Waals surface area contributed by atoms with Gasteiger partial charge in [0.25, 0.3) is 5.91 Å². The second-order valence-corrected chi connectivity index (χ2v) is 10.3. The van der Waals surface area contributed by atoms with E-state index in [2.05, 4.69) is 21.2 Å². The molecule has 3 aromatic rings. The average molecular weight is 541 g/mol. The molecule has 5 nitrogen and oxygen atoms in total. The maximum Gasteiger partial charge on any atom is 0.261 e. The van der Waals surface area contributed by atoms with Gasteiger partial charge in [0.1, 0.15) is 17.6 Å². The number of halogens is 2. The first kappa shape index (κ1) is 26.4. The molecule has 0 saturated heterocycles. The molecular weight excluding hydrogens is 511 g/mol. The molecule has 184 valence electrons. The number of hydrogen-bond donors (Lipinski definition) is 1. The summed E-state index contributed by atoms with van der Waals surface area (Å²) in [7, 11) is 0. The van der Waals surface area contributed by atoms with Crippen molar-refractivity contribution in [2.24, 2.45) is 0 Å². The highest BCUT2D eigenvalue weighted by Gasteiger charge is 2.32. The minimum absolute atomic E-state index is 0.222. The number of rotatable bonds is 9. The van der Waals surface area contributed by atoms with Gasteiger partial charge in [-0.3, -0.25) is 9.59 Å². The number of carbonyl (C=O) groups is 2. The fourth-order valence-electron chi connectivity index (χ4n) is 3.60. The minimum Gasteiger partial charge on any atom is -0.484 e. The zero-order valence-corrected chi connectivity index (χ0v) is 21.7. The molecule has 0 bridgehead atoms. The van der Waals surface area contributed by atoms with Gasteiger partial charge in [-0.05, 0) is 68.3 Å². The summed E-state index contributed by atoms with van der Waals surface area (Å²) in [5.41, 5.74) is 1.34. The molecule has 0 heterocycles. The maximum absolute atomic E-state index is 13.5. The summed E-state index contributed by atoms with van der Waals surface area (Å²) in [5.74, 6) is -0.603. The third-order valence-electron chi connectivity index (χ3n) is 5.19. The van der Waals surface area contributed by atoms with Gasteiger partial charge in [0.15, 0.2) is 6.61 Å². The molecule has 1 atom stereocenters. The summed E-state index contributed by atoms with van der Waals surface area (Å²) in [5, 5.41) is 3.03. The topological polar surface area (TPSA) is 58.6 Å². The van der Waals surface area contributed by atoms with Crippen LogP contribution in [0.25, 0.3) is 0 Å². The number of ether oxygens (including phenoxy) is 1. The molecule has 0 aliphatic carbocycles. The van der Waals surface area contributed by atoms with Crippen molar-refractivity contribution in [3.05, 3.63) is 100 Å². The number of nitrogens with zero attached hydrogens (tertiary/aromatic N) is 1. The number of hydrogen-bond acceptors (Lipinski definition) is 3. The molecule has 0 spiro atoms. The maximum atomic E-state index is 13.5. The molecule has 3 rings (SSSR count). The van der Waals surface area contributed by atoms with Crippen molar-refractivity contribution in [1.29, 1.82) is 0 Å². The summed E-state index contributed by atoms with van der Waals surface area (Å²) in [4.78, 5) is 28.5. The van der Waals surface area contributed by atoms with Crippen molar-refractivity contribution in [3.8, 4) is 5.75 Å². The average Bonchev–Trinajstić information content (AvgIpc) is 2.80. The van der Waals surface area contributed by atoms with E-state index in [4.69, 9.17) is 4.74 Å². The highest BCUT2D eigenvalue weighted by Crippen LogP contribution is 2.19. The van der Waals surface area contributed by atoms with E-state index in [0.29, 0.717) is 12.2 Å². The van der Waals surface area contributed by atoms with Gasteiger partial charge in [0, 0.05) is 23.0 Å². The molecule has 0 aromatic heterocycles. The monoisotopic (exact) mass is 540 g/mol. The van der Waals surface area contributed by atoms with Crippen LogP contribution >= 0.6 is 15.9 Å². The van der Waals surface area contributed by atoms with E-state index < -0.39 is 11.6 Å². The number of amides is 2. The summed E-state index contributed by atoms with van der Waals surface area (Å²) in [6, 6.07) is 21.9. The quantitative estimate of drug-likeness (QED) is 0.388. The first-order valence-electron chi connectivity index (χ1n) is 11.4. The van der Waals surface area contributed by atoms with E-state index in [1.54, 1.807) is 4.90 Å². The second-order valence-electron chi connectivity index (χ2n) is 9.34. The Kier molecular flexibility index (Phi) is 9.04. The molecule has 2 amide bonds. The molecule has 0 radical (unpaired) electrons. The molecule has 0 saturated carbocycles. The predicted molar refractivity (Wildman–Crippen MR) is 138 cm³/mol. The van der Waals surface area contributed by atoms with E-state index in [-0.39, 0.29) is 30.8 Å². The largest absolute Gasteiger partial charge is 0.484 e. The Morgan fingerprint density at radius 1 is 0.971 bits per heavy atom. The van der Waals surface area contributed by atoms with Gasteiger partial charge in [-0.2, -0.15) is 0 Å². The normalized spacial score (nSPS) is 12.0. The standard InChI is InChI=1S/C28H30BrFN2O3/c1-28(2,3)31-27(34)25(17-20-8-5-4-6-9-20)32(18-21-10-7-11-22(29)16-21)26(33)19-35-24-14-12-23(30)13-15-24/h4-16,25H,17-19H2,1-3H3,(H,31,34). The lowest BCUT2D eigenvalue weighted by Crippen LogP contribution is -2.55. The molecule has 0 aliphatic rings. The van der Waals surface area contributed by atoms with Gasteiger partial charge in [-0.15, -0.1) is 0 Å². The third kappa shape index (κ3) is 8.51. The molecule has 0 fully saturated rings. The Bertz CT molecular complexity index is 1130. The molecule has 3 aromatic carbocycles. The Labute approximate surface area is 214 Å². The van der Waals surface area contributed by atoms with E-state index >= 15 is 0 Å². The number of nitrogens with one attached hydrogen (secondary N) is 1. The van der Waals surface area contributed by atoms with Gasteiger partial charge in [-0.1, -0.05) is 58.4 Å². The summed E-state index contributed by atoms with van der Waals surface area (Å²) < 4.78 is 19.8. The van der Waals surface area contributed by atoms with Gasteiger partial charge in [0.05, 0.1) is 0 Å². The summed E-state index contributed by atoms with van der Waals surface area (Å²) >= 11 is 3.48. The van der Waals surface area contributed by atoms with Crippen LogP contribution in [0.5, 0.6) is 5.75 Å². The van der Waals surface area contributed by atoms with E-state index in [1.165, 1.54) is 24.3 Å². The van der Waals surface area contributed by atoms with E-state index in [0.717, 1.165) is 15.6 Å². The fraction of sp³-hybridized carbons (Fsp3) is 0.286. The SMILES string of the molecule is CC(C)(C)NC(=O)C(Cc1ccccc1)N(Cc1cccc(Br)c1)C(=O)COc1ccc(F)cc1. The Hall–Kier alpha value is -3.19. The Balaban J connectivity index is 1.92. The van der Waals surface area contributed by atoms with Crippen LogP contribution in [0.2, 0.25) is 0 Å². The van der Waals surface area contributed by atoms with Crippen LogP contribution in [0.1, 0.15) is 31.9 Å². The van der Waals surface area contributed by atoms with Crippen LogP contribution in [0, 0.1) is 5.82 Å². The van der Waals surface area contributed by atoms with Crippen molar-refractivity contribution in [3.63, 3.8) is 0 Å². The Morgan fingerprint density at radius 3 is 2.26 bits per heavy atom. The number of benzene rings is 3. The van der Waals surface area contributed by atoms with Crippen LogP contribution in [0.4, 0.5) is 4.39 Å².